The summed E-state index contributed by atoms with van der Waals surface area (Å²) in [5, 5.41) is 14.8. The topological polar surface area (TPSA) is 129 Å². The van der Waals surface area contributed by atoms with Crippen LogP contribution in [0.5, 0.6) is 5.75 Å². The van der Waals surface area contributed by atoms with E-state index in [4.69, 9.17) is 30.8 Å². The highest BCUT2D eigenvalue weighted by atomic mass is 35.5. The van der Waals surface area contributed by atoms with Crippen molar-refractivity contribution < 1.29 is 23.8 Å². The van der Waals surface area contributed by atoms with Crippen molar-refractivity contribution in [3.8, 4) is 11.4 Å². The zero-order chi connectivity index (χ0) is 30.3. The Kier molecular flexibility index (Phi) is 10.2. The first kappa shape index (κ1) is 31.0. The molecule has 1 aliphatic heterocycles. The van der Waals surface area contributed by atoms with Crippen molar-refractivity contribution in [3.05, 3.63) is 70.3 Å². The molecule has 1 aliphatic rings. The lowest BCUT2D eigenvalue weighted by Gasteiger charge is -2.19. The van der Waals surface area contributed by atoms with E-state index in [0.717, 1.165) is 16.8 Å². The lowest BCUT2D eigenvalue weighted by molar-refractivity contribution is -0.121. The third-order valence-corrected chi connectivity index (χ3v) is 6.43. The third-order valence-electron chi connectivity index (χ3n) is 6.18. The summed E-state index contributed by atoms with van der Waals surface area (Å²) in [6, 6.07) is 12.6. The molecule has 3 aromatic rings. The normalized spacial score (nSPS) is 14.2. The zero-order valence-corrected chi connectivity index (χ0v) is 25.3. The summed E-state index contributed by atoms with van der Waals surface area (Å²) in [6.07, 6.45) is -0.356. The number of ether oxygens (including phenoxy) is 3. The van der Waals surface area contributed by atoms with Gasteiger partial charge in [0.25, 0.3) is 0 Å². The first-order chi connectivity index (χ1) is 20.1. The first-order valence-electron chi connectivity index (χ1n) is 13.9. The number of nitrogens with zero attached hydrogens (tertiary/aromatic N) is 4. The maximum absolute atomic E-state index is 12.6. The van der Waals surface area contributed by atoms with Gasteiger partial charge in [0, 0.05) is 29.2 Å². The first-order valence-corrected chi connectivity index (χ1v) is 14.3. The number of carbonyl (C=O) groups excluding carboxylic acids is 2. The van der Waals surface area contributed by atoms with Gasteiger partial charge >= 0.3 is 6.09 Å². The molecule has 0 spiro atoms. The number of nitrogens with one attached hydrogen (secondary N) is 2. The van der Waals surface area contributed by atoms with Gasteiger partial charge in [-0.15, -0.1) is 10.2 Å². The molecule has 224 valence electrons. The number of benzene rings is 2. The van der Waals surface area contributed by atoms with Crippen LogP contribution in [0.25, 0.3) is 5.69 Å². The Morgan fingerprint density at radius 3 is 2.50 bits per heavy atom. The maximum Gasteiger partial charge on any atom is 0.407 e. The molecule has 0 fully saturated rings. The number of carbonyl (C=O) groups is 2. The van der Waals surface area contributed by atoms with E-state index in [-0.39, 0.29) is 12.3 Å². The van der Waals surface area contributed by atoms with Crippen LogP contribution in [0.3, 0.4) is 0 Å². The summed E-state index contributed by atoms with van der Waals surface area (Å²) < 4.78 is 18.8. The molecule has 4 rings (SSSR count). The van der Waals surface area contributed by atoms with Crippen LogP contribution in [-0.4, -0.2) is 71.0 Å². The molecule has 0 saturated heterocycles. The van der Waals surface area contributed by atoms with Gasteiger partial charge in [0.05, 0.1) is 31.0 Å². The summed E-state index contributed by atoms with van der Waals surface area (Å²) in [7, 11) is 0. The Hall–Kier alpha value is -3.96. The van der Waals surface area contributed by atoms with Crippen LogP contribution >= 0.6 is 11.6 Å². The Balaban J connectivity index is 1.52. The van der Waals surface area contributed by atoms with Crippen LogP contribution in [0.4, 0.5) is 4.79 Å². The van der Waals surface area contributed by atoms with E-state index >= 15 is 0 Å². The quantitative estimate of drug-likeness (QED) is 0.310. The highest BCUT2D eigenvalue weighted by Crippen LogP contribution is 2.34. The second-order valence-electron chi connectivity index (χ2n) is 10.7. The van der Waals surface area contributed by atoms with Crippen molar-refractivity contribution in [1.29, 1.82) is 0 Å². The summed E-state index contributed by atoms with van der Waals surface area (Å²) in [5.74, 6) is 1.78. The molecular formula is C30H37ClN6O5. The van der Waals surface area contributed by atoms with Crippen molar-refractivity contribution in [1.82, 2.24) is 25.4 Å². The summed E-state index contributed by atoms with van der Waals surface area (Å²) >= 11 is 6.19. The number of aromatic nitrogens is 3. The number of halogens is 1. The summed E-state index contributed by atoms with van der Waals surface area (Å²) in [5.41, 5.74) is 2.62. The van der Waals surface area contributed by atoms with Crippen LogP contribution in [0.2, 0.25) is 5.02 Å². The van der Waals surface area contributed by atoms with Crippen molar-refractivity contribution >= 4 is 29.3 Å². The van der Waals surface area contributed by atoms with Crippen molar-refractivity contribution in [3.63, 3.8) is 0 Å². The van der Waals surface area contributed by atoms with E-state index < -0.39 is 17.7 Å². The average Bonchev–Trinajstić information content (AvgIpc) is 3.25. The Labute approximate surface area is 250 Å². The Bertz CT molecular complexity index is 1430. The van der Waals surface area contributed by atoms with Gasteiger partial charge in [-0.3, -0.25) is 14.4 Å². The fraction of sp³-hybridized carbons (Fsp3) is 0.433. The van der Waals surface area contributed by atoms with Gasteiger partial charge < -0.3 is 24.8 Å². The van der Waals surface area contributed by atoms with Gasteiger partial charge in [0.2, 0.25) is 5.91 Å². The van der Waals surface area contributed by atoms with E-state index in [0.29, 0.717) is 61.0 Å². The molecule has 11 nitrogen and oxygen atoms in total. The molecule has 1 atom stereocenters. The Morgan fingerprint density at radius 2 is 1.79 bits per heavy atom. The van der Waals surface area contributed by atoms with Gasteiger partial charge in [-0.2, -0.15) is 0 Å². The second-order valence-corrected chi connectivity index (χ2v) is 11.1. The number of amides is 2. The minimum Gasteiger partial charge on any atom is -0.491 e. The number of hydrogen-bond acceptors (Lipinski definition) is 8. The number of fused-ring (bicyclic) bond motifs is 3. The lowest BCUT2D eigenvalue weighted by Crippen LogP contribution is -2.34. The molecule has 0 radical (unpaired) electrons. The number of aliphatic imine (C=N–C) groups is 1. The number of hydrogen-bond donors (Lipinski definition) is 2. The van der Waals surface area contributed by atoms with Gasteiger partial charge in [-0.1, -0.05) is 23.7 Å². The average molecular weight is 597 g/mol. The van der Waals surface area contributed by atoms with E-state index in [2.05, 4.69) is 20.8 Å². The lowest BCUT2D eigenvalue weighted by atomic mass is 10.00. The molecule has 0 bridgehead atoms. The summed E-state index contributed by atoms with van der Waals surface area (Å²) in [4.78, 5) is 29.5. The van der Waals surface area contributed by atoms with Crippen LogP contribution in [0.15, 0.2) is 47.5 Å². The van der Waals surface area contributed by atoms with E-state index in [1.165, 1.54) is 0 Å². The molecule has 42 heavy (non-hydrogen) atoms. The molecule has 2 N–H and O–H groups in total. The molecule has 0 saturated carbocycles. The molecule has 2 amide bonds. The minimum absolute atomic E-state index is 0.120. The third kappa shape index (κ3) is 8.07. The maximum atomic E-state index is 12.6. The summed E-state index contributed by atoms with van der Waals surface area (Å²) in [6.45, 7) is 11.0. The molecule has 0 unspecified atom stereocenters. The Morgan fingerprint density at radius 1 is 1.02 bits per heavy atom. The number of aryl methyl sites for hydroxylation is 1. The molecule has 1 aromatic heterocycles. The highest BCUT2D eigenvalue weighted by molar-refractivity contribution is 6.30. The van der Waals surface area contributed by atoms with Crippen molar-refractivity contribution in [2.75, 3.05) is 32.9 Å². The minimum atomic E-state index is -0.553. The second kappa shape index (κ2) is 13.8. The fourth-order valence-electron chi connectivity index (χ4n) is 4.44. The van der Waals surface area contributed by atoms with Crippen LogP contribution in [0.1, 0.15) is 62.9 Å². The largest absolute Gasteiger partial charge is 0.491 e. The SMILES string of the molecule is CCNC(=O)C[C@@H]1N=C(c2ccc(Cl)cc2)c2cc(OCCOCCNC(=O)OC(C)(C)C)ccc2-n2c(C)nnc21. The zero-order valence-electron chi connectivity index (χ0n) is 24.6. The predicted octanol–water partition coefficient (Wildman–Crippen LogP) is 4.57. The molecule has 2 heterocycles. The predicted molar refractivity (Wildman–Crippen MR) is 160 cm³/mol. The number of alkyl carbamates (subject to hydrolysis) is 1. The van der Waals surface area contributed by atoms with E-state index in [1.54, 1.807) is 0 Å². The fourth-order valence-corrected chi connectivity index (χ4v) is 4.57. The number of rotatable bonds is 11. The van der Waals surface area contributed by atoms with E-state index in [1.807, 2.05) is 81.7 Å². The molecule has 12 heteroatoms. The van der Waals surface area contributed by atoms with Gasteiger partial charge in [0.1, 0.15) is 29.8 Å². The van der Waals surface area contributed by atoms with Gasteiger partial charge in [-0.25, -0.2) is 4.79 Å². The van der Waals surface area contributed by atoms with E-state index in [9.17, 15) is 9.59 Å². The highest BCUT2D eigenvalue weighted by Gasteiger charge is 2.30. The van der Waals surface area contributed by atoms with Crippen molar-refractivity contribution in [2.24, 2.45) is 4.99 Å². The van der Waals surface area contributed by atoms with Gasteiger partial charge in [-0.05, 0) is 65.0 Å². The van der Waals surface area contributed by atoms with Crippen LogP contribution in [0, 0.1) is 6.92 Å². The van der Waals surface area contributed by atoms with Crippen molar-refractivity contribution in [2.45, 2.75) is 52.7 Å². The monoisotopic (exact) mass is 596 g/mol. The smallest absolute Gasteiger partial charge is 0.407 e. The van der Waals surface area contributed by atoms with Gasteiger partial charge in [0.15, 0.2) is 5.82 Å². The molecule has 0 aliphatic carbocycles. The van der Waals surface area contributed by atoms with Crippen LogP contribution < -0.4 is 15.4 Å². The molecule has 2 aromatic carbocycles. The molecular weight excluding hydrogens is 560 g/mol. The standard InChI is InChI=1S/C30H37ClN6O5/c1-6-32-26(38)18-24-28-36-35-19(2)37(28)25-12-11-22(17-23(25)27(34-24)20-7-9-21(31)10-8-20)41-16-15-40-14-13-33-29(39)42-30(3,4)5/h7-12,17,24H,6,13-16,18H2,1-5H3,(H,32,38)(H,33,39)/t24-/m0/s1. The van der Waals surface area contributed by atoms with Crippen LogP contribution in [-0.2, 0) is 14.3 Å².